The van der Waals surface area contributed by atoms with Crippen molar-refractivity contribution in [3.05, 3.63) is 87.3 Å². The van der Waals surface area contributed by atoms with Crippen LogP contribution in [0.2, 0.25) is 0 Å². The fraction of sp³-hybridized carbons (Fsp3) is 0.296. The van der Waals surface area contributed by atoms with Gasteiger partial charge in [0.25, 0.3) is 11.5 Å². The van der Waals surface area contributed by atoms with Crippen molar-refractivity contribution in [1.82, 2.24) is 14.0 Å². The topological polar surface area (TPSA) is 104 Å². The van der Waals surface area contributed by atoms with Crippen LogP contribution in [0, 0.1) is 6.92 Å². The standard InChI is InChI=1S/C27H26N4O5/c1-3-35-27(34)21-15-20-23(28-22-12-6-7-13-30(22)26(20)33)31(16-18-10-8-14-36-18)24(21)29-25(32)19-11-5-4-9-17(19)2/h4-7,9,11-13,15,18H,3,8,10,14,16H2,1-2H3/t18-/m1/s1. The summed E-state index contributed by atoms with van der Waals surface area (Å²) in [6.45, 7) is 4.54. The second-order valence-electron chi connectivity index (χ2n) is 8.66. The second-order valence-corrected chi connectivity index (χ2v) is 8.66. The van der Waals surface area contributed by atoms with E-state index in [1.807, 2.05) is 19.1 Å². The fourth-order valence-corrected chi connectivity index (χ4v) is 4.49. The Balaban J connectivity index is 1.87. The number of pyridine rings is 2. The normalized spacial score (nSPS) is 16.1. The molecule has 0 N–H and O–H groups in total. The van der Waals surface area contributed by atoms with E-state index >= 15 is 0 Å². The molecule has 0 aliphatic carbocycles. The Labute approximate surface area is 206 Å². The van der Waals surface area contributed by atoms with Crippen LogP contribution >= 0.6 is 0 Å². The molecule has 1 aromatic carbocycles. The van der Waals surface area contributed by atoms with Gasteiger partial charge < -0.3 is 14.0 Å². The van der Waals surface area contributed by atoms with Gasteiger partial charge in [0.05, 0.1) is 24.6 Å². The van der Waals surface area contributed by atoms with Crippen LogP contribution < -0.4 is 11.0 Å². The number of aryl methyl sites for hydroxylation is 1. The molecule has 184 valence electrons. The van der Waals surface area contributed by atoms with E-state index in [0.717, 1.165) is 18.4 Å². The van der Waals surface area contributed by atoms with Crippen LogP contribution in [0.15, 0.2) is 64.5 Å². The van der Waals surface area contributed by atoms with Crippen LogP contribution in [0.4, 0.5) is 0 Å². The number of amides is 1. The summed E-state index contributed by atoms with van der Waals surface area (Å²) in [6.07, 6.45) is 3.15. The van der Waals surface area contributed by atoms with E-state index < -0.39 is 11.9 Å². The van der Waals surface area contributed by atoms with Crippen LogP contribution in [0.3, 0.4) is 0 Å². The van der Waals surface area contributed by atoms with Gasteiger partial charge in [0.2, 0.25) is 0 Å². The lowest BCUT2D eigenvalue weighted by Gasteiger charge is -2.18. The highest BCUT2D eigenvalue weighted by Crippen LogP contribution is 2.18. The summed E-state index contributed by atoms with van der Waals surface area (Å²) in [4.78, 5) is 49.0. The molecule has 36 heavy (non-hydrogen) atoms. The number of aromatic nitrogens is 3. The minimum absolute atomic E-state index is 0.0269. The highest BCUT2D eigenvalue weighted by molar-refractivity contribution is 5.98. The molecular formula is C27H26N4O5. The van der Waals surface area contributed by atoms with Crippen LogP contribution in [0.1, 0.15) is 46.0 Å². The lowest BCUT2D eigenvalue weighted by Crippen LogP contribution is -2.35. The summed E-state index contributed by atoms with van der Waals surface area (Å²) in [5.41, 5.74) is 1.73. The van der Waals surface area contributed by atoms with Crippen molar-refractivity contribution < 1.29 is 19.1 Å². The van der Waals surface area contributed by atoms with Gasteiger partial charge in [0.15, 0.2) is 5.49 Å². The van der Waals surface area contributed by atoms with Crippen LogP contribution in [0.25, 0.3) is 16.7 Å². The third kappa shape index (κ3) is 4.33. The molecule has 9 nitrogen and oxygen atoms in total. The number of esters is 1. The molecule has 4 heterocycles. The maximum absolute atomic E-state index is 13.4. The van der Waals surface area contributed by atoms with E-state index in [4.69, 9.17) is 14.5 Å². The first-order chi connectivity index (χ1) is 17.5. The number of carbonyl (C=O) groups excluding carboxylic acids is 2. The molecule has 1 aliphatic rings. The number of benzene rings is 1. The minimum atomic E-state index is -0.672. The molecule has 1 fully saturated rings. The van der Waals surface area contributed by atoms with Crippen LogP contribution in [0.5, 0.6) is 0 Å². The van der Waals surface area contributed by atoms with Gasteiger partial charge in [0, 0.05) is 18.4 Å². The second kappa shape index (κ2) is 9.87. The van der Waals surface area contributed by atoms with Crippen molar-refractivity contribution in [2.45, 2.75) is 39.3 Å². The average molecular weight is 487 g/mol. The van der Waals surface area contributed by atoms with Crippen molar-refractivity contribution in [3.8, 4) is 0 Å². The summed E-state index contributed by atoms with van der Waals surface area (Å²) >= 11 is 0. The predicted molar refractivity (Wildman–Crippen MR) is 133 cm³/mol. The zero-order valence-corrected chi connectivity index (χ0v) is 20.1. The third-order valence-electron chi connectivity index (χ3n) is 6.28. The smallest absolute Gasteiger partial charge is 0.341 e. The number of rotatable bonds is 5. The maximum atomic E-state index is 13.4. The van der Waals surface area contributed by atoms with Gasteiger partial charge in [0.1, 0.15) is 16.9 Å². The first-order valence-electron chi connectivity index (χ1n) is 12.0. The summed E-state index contributed by atoms with van der Waals surface area (Å²) in [6, 6.07) is 13.8. The Hall–Kier alpha value is -4.11. The molecule has 0 saturated carbocycles. The molecular weight excluding hydrogens is 460 g/mol. The molecule has 9 heteroatoms. The third-order valence-corrected chi connectivity index (χ3v) is 6.28. The number of hydrogen-bond acceptors (Lipinski definition) is 6. The Morgan fingerprint density at radius 1 is 1.17 bits per heavy atom. The van der Waals surface area contributed by atoms with Crippen LogP contribution in [-0.4, -0.2) is 45.1 Å². The first kappa shape index (κ1) is 23.6. The van der Waals surface area contributed by atoms with Crippen molar-refractivity contribution in [1.29, 1.82) is 0 Å². The van der Waals surface area contributed by atoms with Crippen molar-refractivity contribution in [2.24, 2.45) is 4.99 Å². The lowest BCUT2D eigenvalue weighted by atomic mass is 10.1. The fourth-order valence-electron chi connectivity index (χ4n) is 4.49. The van der Waals surface area contributed by atoms with Crippen molar-refractivity contribution in [2.75, 3.05) is 13.2 Å². The monoisotopic (exact) mass is 486 g/mol. The lowest BCUT2D eigenvalue weighted by molar-refractivity contribution is 0.0521. The van der Waals surface area contributed by atoms with Gasteiger partial charge in [-0.2, -0.15) is 4.99 Å². The summed E-state index contributed by atoms with van der Waals surface area (Å²) < 4.78 is 14.2. The summed E-state index contributed by atoms with van der Waals surface area (Å²) in [7, 11) is 0. The highest BCUT2D eigenvalue weighted by Gasteiger charge is 2.24. The largest absolute Gasteiger partial charge is 0.462 e. The Bertz CT molecular complexity index is 1610. The zero-order valence-electron chi connectivity index (χ0n) is 20.1. The Morgan fingerprint density at radius 3 is 2.72 bits per heavy atom. The molecule has 1 atom stereocenters. The predicted octanol–water partition coefficient (Wildman–Crippen LogP) is 3.05. The van der Waals surface area contributed by atoms with Gasteiger partial charge in [-0.3, -0.25) is 14.0 Å². The Morgan fingerprint density at radius 2 is 1.97 bits per heavy atom. The Kier molecular flexibility index (Phi) is 6.47. The molecule has 0 bridgehead atoms. The summed E-state index contributed by atoms with van der Waals surface area (Å²) in [5.74, 6) is -1.18. The van der Waals surface area contributed by atoms with Crippen LogP contribution in [-0.2, 0) is 16.0 Å². The van der Waals surface area contributed by atoms with E-state index in [2.05, 4.69) is 4.99 Å². The number of hydrogen-bond donors (Lipinski definition) is 0. The number of carbonyl (C=O) groups is 2. The van der Waals surface area contributed by atoms with Gasteiger partial charge >= 0.3 is 5.97 Å². The van der Waals surface area contributed by atoms with Crippen molar-refractivity contribution >= 4 is 28.6 Å². The number of nitrogens with zero attached hydrogens (tertiary/aromatic N) is 4. The van der Waals surface area contributed by atoms with E-state index in [0.29, 0.717) is 23.5 Å². The van der Waals surface area contributed by atoms with Gasteiger partial charge in [-0.1, -0.05) is 24.3 Å². The van der Waals surface area contributed by atoms with Crippen molar-refractivity contribution in [3.63, 3.8) is 0 Å². The van der Waals surface area contributed by atoms with E-state index in [9.17, 15) is 14.4 Å². The average Bonchev–Trinajstić information content (AvgIpc) is 3.39. The molecule has 4 aromatic rings. The van der Waals surface area contributed by atoms with Gasteiger partial charge in [-0.15, -0.1) is 0 Å². The van der Waals surface area contributed by atoms with E-state index in [1.54, 1.807) is 48.0 Å². The molecule has 5 rings (SSSR count). The molecule has 0 radical (unpaired) electrons. The molecule has 1 amide bonds. The first-order valence-corrected chi connectivity index (χ1v) is 12.0. The quantitative estimate of drug-likeness (QED) is 0.317. The molecule has 0 spiro atoms. The molecule has 1 saturated heterocycles. The number of fused-ring (bicyclic) bond motifs is 2. The van der Waals surface area contributed by atoms with Gasteiger partial charge in [-0.05, 0) is 56.5 Å². The summed E-state index contributed by atoms with van der Waals surface area (Å²) in [5, 5.41) is 0.224. The highest BCUT2D eigenvalue weighted by atomic mass is 16.5. The maximum Gasteiger partial charge on any atom is 0.341 e. The molecule has 3 aromatic heterocycles. The zero-order chi connectivity index (χ0) is 25.2. The SMILES string of the molecule is CCOC(=O)c1cc2c(=O)n3ccccc3nc2n(C[C@H]2CCCO2)c1=NC(=O)c1ccccc1C. The molecule has 0 unspecified atom stereocenters. The van der Waals surface area contributed by atoms with E-state index in [1.165, 1.54) is 10.5 Å². The van der Waals surface area contributed by atoms with Gasteiger partial charge in [-0.25, -0.2) is 9.78 Å². The minimum Gasteiger partial charge on any atom is -0.462 e. The number of ether oxygens (including phenoxy) is 2. The van der Waals surface area contributed by atoms with E-state index in [-0.39, 0.29) is 41.3 Å². The molecule has 1 aliphatic heterocycles.